The summed E-state index contributed by atoms with van der Waals surface area (Å²) in [5, 5.41) is 20.7. The second-order valence-electron chi connectivity index (χ2n) is 15.7. The molecule has 0 unspecified atom stereocenters. The Labute approximate surface area is 302 Å². The SMILES string of the molecule is Cc1cc(C(=O)N[C@H](C(=O)N[C@@H](Cc2ccccc2)[C@H](O)CN2C[C@H]3CCCC[C@H]3C[C@H]2C(=O)NC(C)(C)C)C(C)(C)S(C)(=O)=O)cc(Cl)n1. The number of likely N-dealkylation sites (tertiary alicyclic amines) is 1. The van der Waals surface area contributed by atoms with Gasteiger partial charge in [-0.3, -0.25) is 19.3 Å². The first-order valence-electron chi connectivity index (χ1n) is 17.5. The second kappa shape index (κ2) is 16.1. The van der Waals surface area contributed by atoms with Crippen LogP contribution in [0.5, 0.6) is 0 Å². The molecule has 1 aromatic carbocycles. The molecule has 50 heavy (non-hydrogen) atoms. The minimum atomic E-state index is -3.90. The van der Waals surface area contributed by atoms with E-state index in [-0.39, 0.29) is 29.6 Å². The molecule has 1 saturated carbocycles. The molecule has 1 aromatic heterocycles. The minimum absolute atomic E-state index is 0.0799. The number of amides is 3. The molecule has 2 fully saturated rings. The average Bonchev–Trinajstić information content (AvgIpc) is 3.01. The lowest BCUT2D eigenvalue weighted by atomic mass is 9.72. The number of fused-ring (bicyclic) bond motifs is 1. The topological polar surface area (TPSA) is 158 Å². The van der Waals surface area contributed by atoms with E-state index >= 15 is 0 Å². The van der Waals surface area contributed by atoms with E-state index in [4.69, 9.17) is 11.6 Å². The molecule has 6 atom stereocenters. The van der Waals surface area contributed by atoms with E-state index in [0.717, 1.165) is 37.5 Å². The maximum Gasteiger partial charge on any atom is 0.252 e. The third kappa shape index (κ3) is 10.3. The monoisotopic (exact) mass is 731 g/mol. The van der Waals surface area contributed by atoms with Crippen LogP contribution in [0.1, 0.15) is 88.3 Å². The Morgan fingerprint density at radius 1 is 1.02 bits per heavy atom. The lowest BCUT2D eigenvalue weighted by Gasteiger charge is -2.47. The van der Waals surface area contributed by atoms with E-state index in [1.165, 1.54) is 26.0 Å². The highest BCUT2D eigenvalue weighted by Crippen LogP contribution is 2.39. The Balaban J connectivity index is 1.64. The number of sulfone groups is 1. The fourth-order valence-electron chi connectivity index (χ4n) is 7.15. The van der Waals surface area contributed by atoms with Crippen molar-refractivity contribution in [3.05, 3.63) is 64.4 Å². The van der Waals surface area contributed by atoms with Crippen LogP contribution in [0.25, 0.3) is 0 Å². The zero-order valence-corrected chi connectivity index (χ0v) is 31.9. The fraction of sp³-hybridized carbons (Fsp3) is 0.622. The van der Waals surface area contributed by atoms with E-state index in [1.807, 2.05) is 51.1 Å². The molecule has 276 valence electrons. The van der Waals surface area contributed by atoms with Crippen molar-refractivity contribution in [2.24, 2.45) is 11.8 Å². The number of β-amino-alcohol motifs (C(OH)–C–C–N with tert-alkyl or cyclic N) is 1. The predicted octanol–water partition coefficient (Wildman–Crippen LogP) is 3.85. The van der Waals surface area contributed by atoms with E-state index < -0.39 is 56.2 Å². The molecule has 11 nitrogen and oxygen atoms in total. The highest BCUT2D eigenvalue weighted by molar-refractivity contribution is 7.92. The van der Waals surface area contributed by atoms with Crippen LogP contribution in [0.4, 0.5) is 0 Å². The van der Waals surface area contributed by atoms with Crippen molar-refractivity contribution in [3.63, 3.8) is 0 Å². The van der Waals surface area contributed by atoms with Gasteiger partial charge in [0, 0.05) is 36.1 Å². The van der Waals surface area contributed by atoms with E-state index in [9.17, 15) is 27.9 Å². The smallest absolute Gasteiger partial charge is 0.252 e. The Morgan fingerprint density at radius 3 is 2.26 bits per heavy atom. The van der Waals surface area contributed by atoms with Crippen molar-refractivity contribution in [1.82, 2.24) is 25.8 Å². The number of aryl methyl sites for hydroxylation is 1. The first-order valence-corrected chi connectivity index (χ1v) is 19.7. The summed E-state index contributed by atoms with van der Waals surface area (Å²) in [5.41, 5.74) is 1.01. The molecule has 0 bridgehead atoms. The summed E-state index contributed by atoms with van der Waals surface area (Å²) in [4.78, 5) is 47.5. The zero-order valence-electron chi connectivity index (χ0n) is 30.3. The van der Waals surface area contributed by atoms with E-state index in [2.05, 4.69) is 25.8 Å². The molecule has 2 aliphatic rings. The Bertz CT molecular complexity index is 1610. The van der Waals surface area contributed by atoms with Crippen LogP contribution < -0.4 is 16.0 Å². The summed E-state index contributed by atoms with van der Waals surface area (Å²) in [6, 6.07) is 9.33. The molecule has 3 amide bonds. The van der Waals surface area contributed by atoms with Crippen molar-refractivity contribution in [1.29, 1.82) is 0 Å². The van der Waals surface area contributed by atoms with Crippen molar-refractivity contribution in [3.8, 4) is 0 Å². The standard InChI is InChI=1S/C37H54ClN5O6S/c1-23-17-27(20-31(38)39-23)33(45)41-32(37(5,6)50(7,48)49)35(47)40-28(18-24-13-9-8-10-14-24)30(44)22-43-21-26-16-12-11-15-25(26)19-29(43)34(46)42-36(2,3)4/h8-10,13-14,17,20,25-26,28-30,32,44H,11-12,15-16,18-19,21-22H2,1-7H3,(H,40,47)(H,41,45)(H,42,46)/t25-,26+,28-,29-,30+,32+/m0/s1. The van der Waals surface area contributed by atoms with Gasteiger partial charge in [0.15, 0.2) is 9.84 Å². The number of hydrogen-bond donors (Lipinski definition) is 4. The minimum Gasteiger partial charge on any atom is -0.390 e. The lowest BCUT2D eigenvalue weighted by molar-refractivity contribution is -0.133. The number of aliphatic hydroxyl groups is 1. The van der Waals surface area contributed by atoms with Crippen LogP contribution in [-0.4, -0.2) is 95.0 Å². The number of hydrogen-bond acceptors (Lipinski definition) is 8. The molecule has 4 rings (SSSR count). The molecule has 0 radical (unpaired) electrons. The van der Waals surface area contributed by atoms with E-state index in [0.29, 0.717) is 30.5 Å². The molecule has 2 heterocycles. The van der Waals surface area contributed by atoms with Gasteiger partial charge >= 0.3 is 0 Å². The second-order valence-corrected chi connectivity index (χ2v) is 18.7. The summed E-state index contributed by atoms with van der Waals surface area (Å²) in [6.07, 6.45) is 5.25. The third-order valence-electron chi connectivity index (χ3n) is 10.2. The molecule has 1 aliphatic carbocycles. The molecule has 13 heteroatoms. The number of nitrogens with zero attached hydrogens (tertiary/aromatic N) is 2. The third-order valence-corrected chi connectivity index (χ3v) is 12.5. The van der Waals surface area contributed by atoms with Crippen molar-refractivity contribution >= 4 is 39.2 Å². The van der Waals surface area contributed by atoms with Crippen LogP contribution in [0.2, 0.25) is 5.15 Å². The molecule has 1 aliphatic heterocycles. The van der Waals surface area contributed by atoms with Gasteiger partial charge in [-0.2, -0.15) is 0 Å². The molecular formula is C37H54ClN5O6S. The van der Waals surface area contributed by atoms with Crippen molar-refractivity contribution in [2.75, 3.05) is 19.3 Å². The number of carbonyl (C=O) groups excluding carboxylic acids is 3. The summed E-state index contributed by atoms with van der Waals surface area (Å²) in [6.45, 7) is 11.0. The number of aliphatic hydroxyl groups excluding tert-OH is 1. The fourth-order valence-corrected chi connectivity index (χ4v) is 8.00. The number of piperidine rings is 1. The van der Waals surface area contributed by atoms with Gasteiger partial charge < -0.3 is 21.1 Å². The van der Waals surface area contributed by atoms with Crippen molar-refractivity contribution < 1.29 is 27.9 Å². The summed E-state index contributed by atoms with van der Waals surface area (Å²) in [7, 11) is -3.90. The number of halogens is 1. The largest absolute Gasteiger partial charge is 0.390 e. The van der Waals surface area contributed by atoms with Gasteiger partial charge in [-0.15, -0.1) is 0 Å². The summed E-state index contributed by atoms with van der Waals surface area (Å²) < 4.78 is 24.4. The summed E-state index contributed by atoms with van der Waals surface area (Å²) >= 11 is 6.09. The van der Waals surface area contributed by atoms with Crippen LogP contribution in [0, 0.1) is 18.8 Å². The molecule has 2 aromatic rings. The first kappa shape index (κ1) is 39.7. The maximum atomic E-state index is 14.2. The van der Waals surface area contributed by atoms with Gasteiger partial charge in [0.1, 0.15) is 11.2 Å². The van der Waals surface area contributed by atoms with Gasteiger partial charge in [0.05, 0.1) is 22.9 Å². The Morgan fingerprint density at radius 2 is 1.66 bits per heavy atom. The van der Waals surface area contributed by atoms with Crippen LogP contribution in [0.3, 0.4) is 0 Å². The normalized spacial score (nSPS) is 22.1. The van der Waals surface area contributed by atoms with Gasteiger partial charge in [-0.05, 0) is 90.3 Å². The number of benzene rings is 1. The Hall–Kier alpha value is -3.06. The van der Waals surface area contributed by atoms with Gasteiger partial charge in [0.25, 0.3) is 5.91 Å². The average molecular weight is 732 g/mol. The zero-order chi connectivity index (χ0) is 37.0. The van der Waals surface area contributed by atoms with Gasteiger partial charge in [-0.1, -0.05) is 61.2 Å². The highest BCUT2D eigenvalue weighted by Gasteiger charge is 2.46. The first-order chi connectivity index (χ1) is 23.2. The number of carbonyl (C=O) groups is 3. The number of aromatic nitrogens is 1. The molecule has 4 N–H and O–H groups in total. The number of nitrogens with one attached hydrogen (secondary N) is 3. The number of pyridine rings is 1. The molecular weight excluding hydrogens is 678 g/mol. The highest BCUT2D eigenvalue weighted by atomic mass is 35.5. The van der Waals surface area contributed by atoms with E-state index in [1.54, 1.807) is 6.92 Å². The van der Waals surface area contributed by atoms with Gasteiger partial charge in [-0.25, -0.2) is 13.4 Å². The van der Waals surface area contributed by atoms with Crippen LogP contribution >= 0.6 is 11.6 Å². The lowest BCUT2D eigenvalue weighted by Crippen LogP contribution is -2.64. The summed E-state index contributed by atoms with van der Waals surface area (Å²) in [5.74, 6) is -0.691. The quantitative estimate of drug-likeness (QED) is 0.240. The molecule has 1 saturated heterocycles. The maximum absolute atomic E-state index is 14.2. The Kier molecular flexibility index (Phi) is 12.8. The number of rotatable bonds is 12. The van der Waals surface area contributed by atoms with Crippen LogP contribution in [-0.2, 0) is 25.8 Å². The van der Waals surface area contributed by atoms with Crippen molar-refractivity contribution in [2.45, 2.75) is 115 Å². The predicted molar refractivity (Wildman–Crippen MR) is 196 cm³/mol. The van der Waals surface area contributed by atoms with Gasteiger partial charge in [0.2, 0.25) is 11.8 Å². The van der Waals surface area contributed by atoms with Crippen LogP contribution in [0.15, 0.2) is 42.5 Å². The molecule has 0 spiro atoms.